The normalized spacial score (nSPS) is 10.6. The van der Waals surface area contributed by atoms with Crippen molar-refractivity contribution in [1.29, 1.82) is 0 Å². The molecule has 0 atom stereocenters. The second-order valence-electron chi connectivity index (χ2n) is 4.95. The Morgan fingerprint density at radius 3 is 2.86 bits per heavy atom. The number of aryl methyl sites for hydroxylation is 1. The molecule has 5 nitrogen and oxygen atoms in total. The van der Waals surface area contributed by atoms with Crippen LogP contribution in [0.2, 0.25) is 0 Å². The predicted molar refractivity (Wildman–Crippen MR) is 85.5 cm³/mol. The summed E-state index contributed by atoms with van der Waals surface area (Å²) in [5.74, 6) is 0.485. The minimum Gasteiger partial charge on any atom is -0.492 e. The molecule has 1 N–H and O–H groups in total. The number of benzene rings is 1. The Morgan fingerprint density at radius 1 is 1.23 bits per heavy atom. The first-order valence-corrected chi connectivity index (χ1v) is 7.16. The molecule has 1 amide bonds. The van der Waals surface area contributed by atoms with Crippen molar-refractivity contribution in [3.05, 3.63) is 60.0 Å². The number of aromatic nitrogens is 2. The molecule has 0 spiro atoms. The Bertz CT molecular complexity index is 824. The predicted octanol–water partition coefficient (Wildman–Crippen LogP) is 3.29. The molecule has 0 fully saturated rings. The van der Waals surface area contributed by atoms with Crippen LogP contribution in [0.25, 0.3) is 5.65 Å². The Kier molecular flexibility index (Phi) is 3.78. The number of amides is 1. The topological polar surface area (TPSA) is 55.6 Å². The van der Waals surface area contributed by atoms with Crippen LogP contribution < -0.4 is 10.1 Å². The average molecular weight is 295 g/mol. The van der Waals surface area contributed by atoms with Crippen LogP contribution >= 0.6 is 0 Å². The molecule has 3 rings (SSSR count). The van der Waals surface area contributed by atoms with Gasteiger partial charge < -0.3 is 14.5 Å². The Labute approximate surface area is 128 Å². The summed E-state index contributed by atoms with van der Waals surface area (Å²) in [7, 11) is 0. The molecule has 22 heavy (non-hydrogen) atoms. The molecule has 0 unspecified atom stereocenters. The minimum absolute atomic E-state index is 0.180. The molecule has 0 radical (unpaired) electrons. The number of ether oxygens (including phenoxy) is 1. The van der Waals surface area contributed by atoms with Crippen LogP contribution in [0.3, 0.4) is 0 Å². The van der Waals surface area contributed by atoms with Crippen molar-refractivity contribution in [2.24, 2.45) is 0 Å². The van der Waals surface area contributed by atoms with Crippen molar-refractivity contribution >= 4 is 17.2 Å². The standard InChI is InChI=1S/C17H17N3O2/c1-3-22-15-7-5-4-6-14(15)19-17(21)13-8-9-16-18-12(2)10-20(16)11-13/h4-11H,3H2,1-2H3,(H,19,21). The minimum atomic E-state index is -0.180. The number of imidazole rings is 1. The largest absolute Gasteiger partial charge is 0.492 e. The fraction of sp³-hybridized carbons (Fsp3) is 0.176. The molecule has 2 heterocycles. The highest BCUT2D eigenvalue weighted by Gasteiger charge is 2.10. The van der Waals surface area contributed by atoms with Gasteiger partial charge in [0.15, 0.2) is 0 Å². The maximum Gasteiger partial charge on any atom is 0.257 e. The summed E-state index contributed by atoms with van der Waals surface area (Å²) in [5.41, 5.74) is 2.97. The van der Waals surface area contributed by atoms with Gasteiger partial charge in [0.25, 0.3) is 5.91 Å². The number of nitrogens with one attached hydrogen (secondary N) is 1. The van der Waals surface area contributed by atoms with E-state index in [1.54, 1.807) is 12.3 Å². The lowest BCUT2D eigenvalue weighted by atomic mass is 10.2. The second kappa shape index (κ2) is 5.89. The third-order valence-electron chi connectivity index (χ3n) is 3.27. The van der Waals surface area contributed by atoms with E-state index >= 15 is 0 Å². The number of nitrogens with zero attached hydrogens (tertiary/aromatic N) is 2. The lowest BCUT2D eigenvalue weighted by Crippen LogP contribution is -2.13. The van der Waals surface area contributed by atoms with Crippen molar-refractivity contribution < 1.29 is 9.53 Å². The number of pyridine rings is 1. The van der Waals surface area contributed by atoms with E-state index < -0.39 is 0 Å². The smallest absolute Gasteiger partial charge is 0.257 e. The van der Waals surface area contributed by atoms with E-state index in [0.29, 0.717) is 23.6 Å². The Hall–Kier alpha value is -2.82. The number of para-hydroxylation sites is 2. The summed E-state index contributed by atoms with van der Waals surface area (Å²) in [6, 6.07) is 11.0. The number of carbonyl (C=O) groups is 1. The molecule has 2 aromatic heterocycles. The van der Waals surface area contributed by atoms with Crippen molar-refractivity contribution in [3.8, 4) is 5.75 Å². The molecule has 0 aliphatic heterocycles. The van der Waals surface area contributed by atoms with E-state index in [1.165, 1.54) is 0 Å². The molecule has 112 valence electrons. The number of carbonyl (C=O) groups excluding carboxylic acids is 1. The lowest BCUT2D eigenvalue weighted by Gasteiger charge is -2.11. The van der Waals surface area contributed by atoms with Crippen LogP contribution in [0.4, 0.5) is 5.69 Å². The molecule has 1 aromatic carbocycles. The highest BCUT2D eigenvalue weighted by atomic mass is 16.5. The van der Waals surface area contributed by atoms with E-state index in [0.717, 1.165) is 11.3 Å². The highest BCUT2D eigenvalue weighted by Crippen LogP contribution is 2.24. The molecule has 0 aliphatic rings. The molecule has 0 aliphatic carbocycles. The van der Waals surface area contributed by atoms with Crippen molar-refractivity contribution in [2.75, 3.05) is 11.9 Å². The summed E-state index contributed by atoms with van der Waals surface area (Å²) >= 11 is 0. The van der Waals surface area contributed by atoms with Gasteiger partial charge >= 0.3 is 0 Å². The zero-order valence-electron chi connectivity index (χ0n) is 12.5. The molecular formula is C17H17N3O2. The van der Waals surface area contributed by atoms with Gasteiger partial charge in [-0.25, -0.2) is 4.98 Å². The summed E-state index contributed by atoms with van der Waals surface area (Å²) in [6.45, 7) is 4.38. The summed E-state index contributed by atoms with van der Waals surface area (Å²) in [6.07, 6.45) is 3.66. The summed E-state index contributed by atoms with van der Waals surface area (Å²) in [4.78, 5) is 16.8. The molecule has 0 saturated carbocycles. The fourth-order valence-corrected chi connectivity index (χ4v) is 2.30. The molecule has 3 aromatic rings. The Balaban J connectivity index is 1.86. The van der Waals surface area contributed by atoms with Gasteiger partial charge in [-0.05, 0) is 38.1 Å². The zero-order valence-corrected chi connectivity index (χ0v) is 12.5. The Morgan fingerprint density at radius 2 is 2.05 bits per heavy atom. The highest BCUT2D eigenvalue weighted by molar-refractivity contribution is 6.05. The number of fused-ring (bicyclic) bond motifs is 1. The average Bonchev–Trinajstić information content (AvgIpc) is 2.88. The second-order valence-corrected chi connectivity index (χ2v) is 4.95. The quantitative estimate of drug-likeness (QED) is 0.803. The van der Waals surface area contributed by atoms with Gasteiger partial charge in [0.2, 0.25) is 0 Å². The summed E-state index contributed by atoms with van der Waals surface area (Å²) < 4.78 is 7.36. The fourth-order valence-electron chi connectivity index (χ4n) is 2.30. The van der Waals surface area contributed by atoms with Crippen LogP contribution in [-0.2, 0) is 0 Å². The van der Waals surface area contributed by atoms with Crippen molar-refractivity contribution in [1.82, 2.24) is 9.38 Å². The van der Waals surface area contributed by atoms with Crippen LogP contribution in [0.15, 0.2) is 48.8 Å². The first-order valence-electron chi connectivity index (χ1n) is 7.16. The first-order chi connectivity index (χ1) is 10.7. The van der Waals surface area contributed by atoms with Gasteiger partial charge in [0, 0.05) is 12.4 Å². The molecular weight excluding hydrogens is 278 g/mol. The van der Waals surface area contributed by atoms with Crippen LogP contribution in [-0.4, -0.2) is 21.9 Å². The van der Waals surface area contributed by atoms with Crippen LogP contribution in [0, 0.1) is 6.92 Å². The number of hydrogen-bond donors (Lipinski definition) is 1. The zero-order chi connectivity index (χ0) is 15.5. The molecule has 0 bridgehead atoms. The molecule has 5 heteroatoms. The maximum absolute atomic E-state index is 12.4. The van der Waals surface area contributed by atoms with Crippen molar-refractivity contribution in [3.63, 3.8) is 0 Å². The SMILES string of the molecule is CCOc1ccccc1NC(=O)c1ccc2nc(C)cn2c1. The van der Waals surface area contributed by atoms with Gasteiger partial charge in [-0.1, -0.05) is 12.1 Å². The van der Waals surface area contributed by atoms with E-state index in [2.05, 4.69) is 10.3 Å². The maximum atomic E-state index is 12.4. The van der Waals surface area contributed by atoms with Gasteiger partial charge in [0.1, 0.15) is 11.4 Å². The monoisotopic (exact) mass is 295 g/mol. The lowest BCUT2D eigenvalue weighted by molar-refractivity contribution is 0.102. The third-order valence-corrected chi connectivity index (χ3v) is 3.27. The first kappa shape index (κ1) is 14.1. The van der Waals surface area contributed by atoms with E-state index in [4.69, 9.17) is 4.74 Å². The van der Waals surface area contributed by atoms with E-state index in [9.17, 15) is 4.79 Å². The number of rotatable bonds is 4. The van der Waals surface area contributed by atoms with Crippen LogP contribution in [0.1, 0.15) is 23.0 Å². The number of hydrogen-bond acceptors (Lipinski definition) is 3. The number of anilines is 1. The van der Waals surface area contributed by atoms with Gasteiger partial charge in [-0.2, -0.15) is 0 Å². The van der Waals surface area contributed by atoms with Crippen molar-refractivity contribution in [2.45, 2.75) is 13.8 Å². The van der Waals surface area contributed by atoms with E-state index in [1.807, 2.05) is 54.8 Å². The van der Waals surface area contributed by atoms with Crippen LogP contribution in [0.5, 0.6) is 5.75 Å². The van der Waals surface area contributed by atoms with Gasteiger partial charge in [-0.3, -0.25) is 4.79 Å². The van der Waals surface area contributed by atoms with E-state index in [-0.39, 0.29) is 5.91 Å². The summed E-state index contributed by atoms with van der Waals surface area (Å²) in [5, 5.41) is 2.89. The van der Waals surface area contributed by atoms with Gasteiger partial charge in [-0.15, -0.1) is 0 Å². The molecule has 0 saturated heterocycles. The van der Waals surface area contributed by atoms with Gasteiger partial charge in [0.05, 0.1) is 23.6 Å². The third kappa shape index (κ3) is 2.79.